The fourth-order valence-corrected chi connectivity index (χ4v) is 1.57. The average Bonchev–Trinajstić information content (AvgIpc) is 2.39. The smallest absolute Gasteiger partial charge is 0.221 e. The summed E-state index contributed by atoms with van der Waals surface area (Å²) in [5.41, 5.74) is 2.14. The number of nitrogens with zero attached hydrogens (tertiary/aromatic N) is 1. The lowest BCUT2D eigenvalue weighted by Gasteiger charge is -2.01. The van der Waals surface area contributed by atoms with Gasteiger partial charge in [0.05, 0.1) is 5.69 Å². The van der Waals surface area contributed by atoms with E-state index < -0.39 is 0 Å². The molecule has 1 amide bonds. The maximum absolute atomic E-state index is 10.9. The van der Waals surface area contributed by atoms with Crippen LogP contribution in [0.3, 0.4) is 0 Å². The number of nitrogens with one attached hydrogen (secondary N) is 1. The van der Waals surface area contributed by atoms with Crippen LogP contribution in [0.1, 0.15) is 12.5 Å². The Morgan fingerprint density at radius 3 is 2.47 bits per heavy atom. The van der Waals surface area contributed by atoms with Crippen molar-refractivity contribution in [3.8, 4) is 5.75 Å². The molecule has 4 nitrogen and oxygen atoms in total. The molecule has 0 saturated heterocycles. The van der Waals surface area contributed by atoms with E-state index in [0.717, 1.165) is 11.4 Å². The van der Waals surface area contributed by atoms with E-state index in [1.54, 1.807) is 48.7 Å². The number of phenols is 1. The van der Waals surface area contributed by atoms with Crippen molar-refractivity contribution >= 4 is 23.5 Å². The van der Waals surface area contributed by atoms with Crippen LogP contribution in [0.2, 0.25) is 0 Å². The Hall–Kier alpha value is -2.62. The molecule has 0 atom stereocenters. The molecule has 0 aliphatic rings. The van der Waals surface area contributed by atoms with Gasteiger partial charge in [-0.1, -0.05) is 12.1 Å². The average molecular weight is 254 g/mol. The lowest BCUT2D eigenvalue weighted by Crippen LogP contribution is -2.04. The number of aromatic hydroxyl groups is 1. The fourth-order valence-electron chi connectivity index (χ4n) is 1.57. The molecular formula is C15H14N2O2. The predicted molar refractivity (Wildman–Crippen MR) is 76.1 cm³/mol. The van der Waals surface area contributed by atoms with Gasteiger partial charge in [0, 0.05) is 24.4 Å². The van der Waals surface area contributed by atoms with Crippen molar-refractivity contribution in [1.82, 2.24) is 0 Å². The summed E-state index contributed by atoms with van der Waals surface area (Å²) in [5.74, 6) is 0.0894. The van der Waals surface area contributed by atoms with Crippen molar-refractivity contribution in [3.63, 3.8) is 0 Å². The molecule has 0 spiro atoms. The highest BCUT2D eigenvalue weighted by Gasteiger charge is 1.97. The number of phenolic OH excluding ortho intramolecular Hbond substituents is 1. The van der Waals surface area contributed by atoms with Gasteiger partial charge in [-0.25, -0.2) is 0 Å². The highest BCUT2D eigenvalue weighted by Crippen LogP contribution is 2.18. The summed E-state index contributed by atoms with van der Waals surface area (Å²) in [6.07, 6.45) is 1.60. The van der Waals surface area contributed by atoms with Gasteiger partial charge in [-0.05, 0) is 36.4 Å². The minimum Gasteiger partial charge on any atom is -0.507 e. The van der Waals surface area contributed by atoms with E-state index in [9.17, 15) is 9.90 Å². The Labute approximate surface area is 111 Å². The molecule has 0 saturated carbocycles. The van der Waals surface area contributed by atoms with E-state index in [1.165, 1.54) is 6.92 Å². The lowest BCUT2D eigenvalue weighted by molar-refractivity contribution is -0.114. The number of rotatable bonds is 3. The molecule has 2 aromatic rings. The van der Waals surface area contributed by atoms with Crippen LogP contribution in [0.5, 0.6) is 5.75 Å². The molecule has 2 aromatic carbocycles. The summed E-state index contributed by atoms with van der Waals surface area (Å²) >= 11 is 0. The maximum Gasteiger partial charge on any atom is 0.221 e. The van der Waals surface area contributed by atoms with Gasteiger partial charge in [-0.15, -0.1) is 0 Å². The minimum absolute atomic E-state index is 0.106. The van der Waals surface area contributed by atoms with Gasteiger partial charge in [-0.2, -0.15) is 0 Å². The van der Waals surface area contributed by atoms with Crippen LogP contribution >= 0.6 is 0 Å². The summed E-state index contributed by atoms with van der Waals surface area (Å²) in [7, 11) is 0. The second-order valence-electron chi connectivity index (χ2n) is 4.05. The molecule has 0 unspecified atom stereocenters. The van der Waals surface area contributed by atoms with Gasteiger partial charge in [0.1, 0.15) is 5.75 Å². The first kappa shape index (κ1) is 12.8. The third kappa shape index (κ3) is 3.67. The zero-order chi connectivity index (χ0) is 13.7. The number of hydrogen-bond acceptors (Lipinski definition) is 3. The van der Waals surface area contributed by atoms with E-state index in [0.29, 0.717) is 5.56 Å². The van der Waals surface area contributed by atoms with Gasteiger partial charge in [0.25, 0.3) is 0 Å². The number of benzene rings is 2. The highest BCUT2D eigenvalue weighted by molar-refractivity contribution is 5.89. The zero-order valence-electron chi connectivity index (χ0n) is 10.5. The van der Waals surface area contributed by atoms with Crippen LogP contribution in [0.15, 0.2) is 53.5 Å². The molecule has 0 bridgehead atoms. The van der Waals surface area contributed by atoms with E-state index in [4.69, 9.17) is 0 Å². The predicted octanol–water partition coefficient (Wildman–Crippen LogP) is 3.10. The van der Waals surface area contributed by atoms with Crippen molar-refractivity contribution in [2.24, 2.45) is 4.99 Å². The van der Waals surface area contributed by atoms with Gasteiger partial charge in [0.2, 0.25) is 5.91 Å². The Bertz CT molecular complexity index is 604. The molecular weight excluding hydrogens is 240 g/mol. The molecule has 0 aliphatic carbocycles. The Kier molecular flexibility index (Phi) is 3.93. The number of amides is 1. The van der Waals surface area contributed by atoms with Crippen molar-refractivity contribution in [2.45, 2.75) is 6.92 Å². The standard InChI is InChI=1S/C15H14N2O2/c1-11(18)17-14-8-6-13(7-9-14)16-10-12-4-2-3-5-15(12)19/h2-10,19H,1H3,(H,17,18). The summed E-state index contributed by atoms with van der Waals surface area (Å²) < 4.78 is 0. The maximum atomic E-state index is 10.9. The van der Waals surface area contributed by atoms with Crippen molar-refractivity contribution in [3.05, 3.63) is 54.1 Å². The number of para-hydroxylation sites is 1. The molecule has 0 radical (unpaired) electrons. The number of carbonyl (C=O) groups is 1. The van der Waals surface area contributed by atoms with Crippen molar-refractivity contribution in [1.29, 1.82) is 0 Å². The molecule has 2 N–H and O–H groups in total. The molecule has 19 heavy (non-hydrogen) atoms. The SMILES string of the molecule is CC(=O)Nc1ccc(N=Cc2ccccc2O)cc1. The molecule has 2 rings (SSSR count). The quantitative estimate of drug-likeness (QED) is 0.827. The summed E-state index contributed by atoms with van der Waals surface area (Å²) in [6.45, 7) is 1.46. The zero-order valence-corrected chi connectivity index (χ0v) is 10.5. The van der Waals surface area contributed by atoms with Crippen molar-refractivity contribution in [2.75, 3.05) is 5.32 Å². The normalized spacial score (nSPS) is 10.6. The highest BCUT2D eigenvalue weighted by atomic mass is 16.3. The lowest BCUT2D eigenvalue weighted by atomic mass is 10.2. The first-order valence-electron chi connectivity index (χ1n) is 5.85. The molecule has 0 fully saturated rings. The van der Waals surface area contributed by atoms with E-state index >= 15 is 0 Å². The van der Waals surface area contributed by atoms with E-state index in [-0.39, 0.29) is 11.7 Å². The second-order valence-corrected chi connectivity index (χ2v) is 4.05. The Morgan fingerprint density at radius 1 is 1.16 bits per heavy atom. The summed E-state index contributed by atoms with van der Waals surface area (Å²) in [4.78, 5) is 15.1. The third-order valence-electron chi connectivity index (χ3n) is 2.48. The summed E-state index contributed by atoms with van der Waals surface area (Å²) in [5, 5.41) is 12.3. The van der Waals surface area contributed by atoms with E-state index in [1.807, 2.05) is 6.07 Å². The first-order chi connectivity index (χ1) is 9.15. The number of anilines is 1. The molecule has 0 heterocycles. The Balaban J connectivity index is 2.11. The number of carbonyl (C=O) groups excluding carboxylic acids is 1. The molecule has 4 heteroatoms. The number of aliphatic imine (C=N–C) groups is 1. The van der Waals surface area contributed by atoms with Crippen LogP contribution in [-0.2, 0) is 4.79 Å². The largest absolute Gasteiger partial charge is 0.507 e. The van der Waals surface area contributed by atoms with Gasteiger partial charge in [0.15, 0.2) is 0 Å². The number of hydrogen-bond donors (Lipinski definition) is 2. The molecule has 0 aliphatic heterocycles. The van der Waals surface area contributed by atoms with Crippen LogP contribution < -0.4 is 5.32 Å². The Morgan fingerprint density at radius 2 is 1.84 bits per heavy atom. The monoisotopic (exact) mass is 254 g/mol. The van der Waals surface area contributed by atoms with Crippen LogP contribution in [-0.4, -0.2) is 17.2 Å². The van der Waals surface area contributed by atoms with Crippen molar-refractivity contribution < 1.29 is 9.90 Å². The van der Waals surface area contributed by atoms with Gasteiger partial charge >= 0.3 is 0 Å². The topological polar surface area (TPSA) is 61.7 Å². The fraction of sp³-hybridized carbons (Fsp3) is 0.0667. The van der Waals surface area contributed by atoms with Crippen LogP contribution in [0.4, 0.5) is 11.4 Å². The van der Waals surface area contributed by atoms with Crippen LogP contribution in [0.25, 0.3) is 0 Å². The van der Waals surface area contributed by atoms with E-state index in [2.05, 4.69) is 10.3 Å². The minimum atomic E-state index is -0.106. The van der Waals surface area contributed by atoms with Gasteiger partial charge < -0.3 is 10.4 Å². The van der Waals surface area contributed by atoms with Crippen LogP contribution in [0, 0.1) is 0 Å². The first-order valence-corrected chi connectivity index (χ1v) is 5.85. The molecule has 96 valence electrons. The van der Waals surface area contributed by atoms with Gasteiger partial charge in [-0.3, -0.25) is 9.79 Å². The molecule has 0 aromatic heterocycles. The second kappa shape index (κ2) is 5.82. The third-order valence-corrected chi connectivity index (χ3v) is 2.48. The summed E-state index contributed by atoms with van der Waals surface area (Å²) in [6, 6.07) is 14.1.